The van der Waals surface area contributed by atoms with Crippen molar-refractivity contribution < 1.29 is 0 Å². The number of hydrogen-bond acceptors (Lipinski definition) is 3. The summed E-state index contributed by atoms with van der Waals surface area (Å²) >= 11 is 3.73. The minimum absolute atomic E-state index is 1.11. The first-order valence-electron chi connectivity index (χ1n) is 18.7. The van der Waals surface area contributed by atoms with Gasteiger partial charge in [0.1, 0.15) is 0 Å². The van der Waals surface area contributed by atoms with Gasteiger partial charge >= 0.3 is 0 Å². The molecule has 0 aliphatic heterocycles. The lowest BCUT2D eigenvalue weighted by Gasteiger charge is -2.27. The van der Waals surface area contributed by atoms with Crippen LogP contribution in [-0.4, -0.2) is 0 Å². The molecule has 0 saturated heterocycles. The molecule has 0 radical (unpaired) electrons. The maximum Gasteiger partial charge on any atom is 0.0467 e. The molecule has 0 saturated carbocycles. The van der Waals surface area contributed by atoms with Crippen LogP contribution in [0.4, 0.5) is 17.1 Å². The standard InChI is InChI=1S/C52H33NS2/c1-2-20-42-34(12-1)13-10-23-43(42)37-15-8-18-40(31-37)53(39-17-7-14-35(30-39)36-28-29-50-47(33-36)45-21-3-5-25-48(45)54-50)41-19-9-16-38(32-41)44-24-11-27-51-52(44)46-22-4-6-26-49(46)55-51/h1-33H. The number of benzene rings is 9. The molecule has 2 heterocycles. The summed E-state index contributed by atoms with van der Waals surface area (Å²) in [7, 11) is 0. The average molecular weight is 736 g/mol. The second kappa shape index (κ2) is 13.1. The predicted molar refractivity (Wildman–Crippen MR) is 241 cm³/mol. The summed E-state index contributed by atoms with van der Waals surface area (Å²) in [6, 6.07) is 73.5. The summed E-state index contributed by atoms with van der Waals surface area (Å²) in [5.74, 6) is 0. The van der Waals surface area contributed by atoms with Crippen LogP contribution in [0.15, 0.2) is 200 Å². The van der Waals surface area contributed by atoms with E-state index in [-0.39, 0.29) is 0 Å². The molecule has 3 heteroatoms. The number of nitrogens with zero attached hydrogens (tertiary/aromatic N) is 1. The number of fused-ring (bicyclic) bond motifs is 7. The molecule has 0 fully saturated rings. The summed E-state index contributed by atoms with van der Waals surface area (Å²) in [6.07, 6.45) is 0. The molecule has 0 N–H and O–H groups in total. The van der Waals surface area contributed by atoms with Gasteiger partial charge in [-0.25, -0.2) is 0 Å². The molecular weight excluding hydrogens is 703 g/mol. The van der Waals surface area contributed by atoms with E-state index in [0.717, 1.165) is 17.1 Å². The Hall–Kier alpha value is -6.52. The minimum Gasteiger partial charge on any atom is -0.310 e. The fourth-order valence-electron chi connectivity index (χ4n) is 8.29. The molecule has 0 bridgehead atoms. The van der Waals surface area contributed by atoms with Crippen molar-refractivity contribution in [3.05, 3.63) is 200 Å². The van der Waals surface area contributed by atoms with Gasteiger partial charge in [0.2, 0.25) is 0 Å². The van der Waals surface area contributed by atoms with Gasteiger partial charge < -0.3 is 4.90 Å². The van der Waals surface area contributed by atoms with E-state index in [9.17, 15) is 0 Å². The molecule has 9 aromatic carbocycles. The first kappa shape index (κ1) is 32.0. The van der Waals surface area contributed by atoms with Crippen molar-refractivity contribution >= 4 is 90.9 Å². The molecule has 11 aromatic rings. The molecule has 2 aromatic heterocycles. The zero-order valence-electron chi connectivity index (χ0n) is 29.8. The fourth-order valence-corrected chi connectivity index (χ4v) is 10.5. The highest BCUT2D eigenvalue weighted by Crippen LogP contribution is 2.44. The number of hydrogen-bond donors (Lipinski definition) is 0. The smallest absolute Gasteiger partial charge is 0.0467 e. The van der Waals surface area contributed by atoms with Gasteiger partial charge in [-0.3, -0.25) is 0 Å². The summed E-state index contributed by atoms with van der Waals surface area (Å²) in [6.45, 7) is 0. The third kappa shape index (κ3) is 5.51. The Morgan fingerprint density at radius 1 is 0.291 bits per heavy atom. The van der Waals surface area contributed by atoms with Crippen molar-refractivity contribution in [3.63, 3.8) is 0 Å². The van der Waals surface area contributed by atoms with Crippen molar-refractivity contribution in [1.82, 2.24) is 0 Å². The summed E-state index contributed by atoms with van der Waals surface area (Å²) in [4.78, 5) is 2.42. The largest absolute Gasteiger partial charge is 0.310 e. The average Bonchev–Trinajstić information content (AvgIpc) is 3.82. The zero-order valence-corrected chi connectivity index (χ0v) is 31.4. The van der Waals surface area contributed by atoms with E-state index in [1.807, 2.05) is 22.7 Å². The maximum atomic E-state index is 2.42. The predicted octanol–water partition coefficient (Wildman–Crippen LogP) is 16.0. The fraction of sp³-hybridized carbons (Fsp3) is 0. The first-order valence-corrected chi connectivity index (χ1v) is 20.3. The van der Waals surface area contributed by atoms with Gasteiger partial charge in [-0.15, -0.1) is 22.7 Å². The molecule has 0 atom stereocenters. The van der Waals surface area contributed by atoms with Gasteiger partial charge in [0.15, 0.2) is 0 Å². The highest BCUT2D eigenvalue weighted by atomic mass is 32.1. The lowest BCUT2D eigenvalue weighted by atomic mass is 9.97. The van der Waals surface area contributed by atoms with E-state index in [1.54, 1.807) is 0 Å². The maximum absolute atomic E-state index is 2.42. The van der Waals surface area contributed by atoms with Crippen LogP contribution in [0.2, 0.25) is 0 Å². The lowest BCUT2D eigenvalue weighted by molar-refractivity contribution is 1.28. The minimum atomic E-state index is 1.11. The van der Waals surface area contributed by atoms with Crippen LogP contribution in [-0.2, 0) is 0 Å². The molecule has 0 unspecified atom stereocenters. The van der Waals surface area contributed by atoms with Crippen LogP contribution in [0.5, 0.6) is 0 Å². The van der Waals surface area contributed by atoms with Crippen molar-refractivity contribution in [1.29, 1.82) is 0 Å². The Balaban J connectivity index is 1.09. The monoisotopic (exact) mass is 735 g/mol. The van der Waals surface area contributed by atoms with Crippen LogP contribution in [0.3, 0.4) is 0 Å². The second-order valence-corrected chi connectivity index (χ2v) is 16.3. The quantitative estimate of drug-likeness (QED) is 0.164. The molecule has 0 amide bonds. The van der Waals surface area contributed by atoms with E-state index in [1.165, 1.54) is 84.5 Å². The van der Waals surface area contributed by atoms with E-state index in [0.29, 0.717) is 0 Å². The lowest BCUT2D eigenvalue weighted by Crippen LogP contribution is -2.10. The normalized spacial score (nSPS) is 11.6. The Morgan fingerprint density at radius 2 is 0.782 bits per heavy atom. The van der Waals surface area contributed by atoms with E-state index in [4.69, 9.17) is 0 Å². The number of thiophene rings is 2. The van der Waals surface area contributed by atoms with Crippen molar-refractivity contribution in [2.75, 3.05) is 4.90 Å². The molecular formula is C52H33NS2. The van der Waals surface area contributed by atoms with Crippen LogP contribution in [0, 0.1) is 0 Å². The van der Waals surface area contributed by atoms with Crippen LogP contribution >= 0.6 is 22.7 Å². The first-order chi connectivity index (χ1) is 27.2. The zero-order chi connectivity index (χ0) is 36.3. The highest BCUT2D eigenvalue weighted by Gasteiger charge is 2.18. The van der Waals surface area contributed by atoms with Gasteiger partial charge in [0.05, 0.1) is 0 Å². The van der Waals surface area contributed by atoms with Crippen LogP contribution in [0.1, 0.15) is 0 Å². The van der Waals surface area contributed by atoms with E-state index in [2.05, 4.69) is 205 Å². The van der Waals surface area contributed by atoms with Crippen molar-refractivity contribution in [3.8, 4) is 33.4 Å². The highest BCUT2D eigenvalue weighted by molar-refractivity contribution is 7.26. The van der Waals surface area contributed by atoms with Crippen molar-refractivity contribution in [2.24, 2.45) is 0 Å². The van der Waals surface area contributed by atoms with Gasteiger partial charge in [-0.05, 0) is 111 Å². The number of anilines is 3. The number of rotatable bonds is 6. The summed E-state index contributed by atoms with van der Waals surface area (Å²) in [5, 5.41) is 7.76. The molecule has 55 heavy (non-hydrogen) atoms. The Morgan fingerprint density at radius 3 is 1.56 bits per heavy atom. The van der Waals surface area contributed by atoms with Gasteiger partial charge in [0.25, 0.3) is 0 Å². The third-order valence-electron chi connectivity index (χ3n) is 10.8. The van der Waals surface area contributed by atoms with Gasteiger partial charge in [-0.2, -0.15) is 0 Å². The van der Waals surface area contributed by atoms with Crippen LogP contribution in [0.25, 0.3) is 84.5 Å². The molecule has 11 rings (SSSR count). The van der Waals surface area contributed by atoms with Gasteiger partial charge in [0, 0.05) is 57.4 Å². The summed E-state index contributed by atoms with van der Waals surface area (Å²) < 4.78 is 5.27. The van der Waals surface area contributed by atoms with Crippen LogP contribution < -0.4 is 4.90 Å². The van der Waals surface area contributed by atoms with Gasteiger partial charge in [-0.1, -0.05) is 133 Å². The Kier molecular flexibility index (Phi) is 7.61. The Labute approximate surface area is 327 Å². The van der Waals surface area contributed by atoms with Crippen molar-refractivity contribution in [2.45, 2.75) is 0 Å². The molecule has 0 aliphatic rings. The van der Waals surface area contributed by atoms with E-state index < -0.39 is 0 Å². The third-order valence-corrected chi connectivity index (χ3v) is 13.1. The molecule has 0 spiro atoms. The van der Waals surface area contributed by atoms with E-state index >= 15 is 0 Å². The summed E-state index contributed by atoms with van der Waals surface area (Å²) in [5.41, 5.74) is 10.6. The Bertz CT molecular complexity index is 3230. The SMILES string of the molecule is c1cc(-c2ccc3sc4ccccc4c3c2)cc(N(c2cccc(-c3cccc4ccccc34)c2)c2cccc(-c3cccc4sc5ccccc5c34)c2)c1. The topological polar surface area (TPSA) is 3.24 Å². The molecule has 1 nitrogen and oxygen atoms in total. The molecule has 258 valence electrons. The molecule has 0 aliphatic carbocycles. The second-order valence-electron chi connectivity index (χ2n) is 14.1.